The second kappa shape index (κ2) is 4.92. The predicted octanol–water partition coefficient (Wildman–Crippen LogP) is 1.48. The quantitative estimate of drug-likeness (QED) is 0.864. The van der Waals surface area contributed by atoms with E-state index in [9.17, 15) is 9.90 Å². The van der Waals surface area contributed by atoms with Crippen molar-refractivity contribution in [2.24, 2.45) is 0 Å². The van der Waals surface area contributed by atoms with Gasteiger partial charge in [0.15, 0.2) is 0 Å². The van der Waals surface area contributed by atoms with Crippen LogP contribution < -0.4 is 5.32 Å². The third-order valence-electron chi connectivity index (χ3n) is 2.11. The summed E-state index contributed by atoms with van der Waals surface area (Å²) in [7, 11) is 0. The smallest absolute Gasteiger partial charge is 0.255 e. The molecule has 0 aromatic carbocycles. The molecule has 0 bridgehead atoms. The highest BCUT2D eigenvalue weighted by Crippen LogP contribution is 2.14. The number of hydrogen-bond acceptors (Lipinski definition) is 5. The maximum Gasteiger partial charge on any atom is 0.255 e. The number of rotatable bonds is 3. The zero-order chi connectivity index (χ0) is 12.3. The summed E-state index contributed by atoms with van der Waals surface area (Å²) in [5.74, 6) is -0.460. The molecular formula is C11H11N3O2S. The summed E-state index contributed by atoms with van der Waals surface area (Å²) in [5.41, 5.74) is 0.216. The van der Waals surface area contributed by atoms with Crippen LogP contribution in [-0.2, 0) is 6.54 Å². The van der Waals surface area contributed by atoms with Gasteiger partial charge in [0.25, 0.3) is 5.91 Å². The molecule has 2 N–H and O–H groups in total. The topological polar surface area (TPSA) is 75.1 Å². The average molecular weight is 249 g/mol. The third kappa shape index (κ3) is 2.79. The van der Waals surface area contributed by atoms with Gasteiger partial charge in [-0.1, -0.05) is 0 Å². The van der Waals surface area contributed by atoms with Gasteiger partial charge in [0, 0.05) is 17.3 Å². The monoisotopic (exact) mass is 249 g/mol. The molecule has 2 heterocycles. The maximum atomic E-state index is 11.7. The second-order valence-electron chi connectivity index (χ2n) is 3.44. The number of carbonyl (C=O) groups is 1. The molecule has 0 aliphatic rings. The number of thiazole rings is 1. The molecular weight excluding hydrogens is 238 g/mol. The summed E-state index contributed by atoms with van der Waals surface area (Å²) in [6.45, 7) is 2.32. The maximum absolute atomic E-state index is 11.7. The highest BCUT2D eigenvalue weighted by molar-refractivity contribution is 7.11. The van der Waals surface area contributed by atoms with Crippen molar-refractivity contribution in [3.63, 3.8) is 0 Å². The van der Waals surface area contributed by atoms with Crippen LogP contribution in [0.25, 0.3) is 0 Å². The van der Waals surface area contributed by atoms with Crippen LogP contribution in [-0.4, -0.2) is 21.0 Å². The van der Waals surface area contributed by atoms with E-state index in [0.29, 0.717) is 6.54 Å². The number of nitrogens with zero attached hydrogens (tertiary/aromatic N) is 2. The Bertz CT molecular complexity index is 539. The number of pyridine rings is 1. The van der Waals surface area contributed by atoms with Gasteiger partial charge in [-0.25, -0.2) is 4.98 Å². The van der Waals surface area contributed by atoms with Crippen molar-refractivity contribution in [2.45, 2.75) is 13.5 Å². The summed E-state index contributed by atoms with van der Waals surface area (Å²) in [6, 6.07) is 1.47. The first-order valence-corrected chi connectivity index (χ1v) is 5.81. The first kappa shape index (κ1) is 11.5. The largest absolute Gasteiger partial charge is 0.505 e. The molecule has 0 spiro atoms. The minimum Gasteiger partial charge on any atom is -0.505 e. The van der Waals surface area contributed by atoms with Crippen molar-refractivity contribution in [3.8, 4) is 5.75 Å². The Balaban J connectivity index is 2.01. The standard InChI is InChI=1S/C11H11N3O2S/c1-7-4-13-10(17-7)6-14-11(16)8-2-3-12-5-9(8)15/h2-5,15H,6H2,1H3,(H,14,16). The summed E-state index contributed by atoms with van der Waals surface area (Å²) in [5, 5.41) is 13.0. The molecule has 17 heavy (non-hydrogen) atoms. The highest BCUT2D eigenvalue weighted by Gasteiger charge is 2.10. The zero-order valence-corrected chi connectivity index (χ0v) is 9.99. The van der Waals surface area contributed by atoms with Crippen LogP contribution in [0.4, 0.5) is 0 Å². The number of amides is 1. The van der Waals surface area contributed by atoms with Crippen LogP contribution in [0.2, 0.25) is 0 Å². The SMILES string of the molecule is Cc1cnc(CNC(=O)c2ccncc2O)s1. The first-order valence-electron chi connectivity index (χ1n) is 4.99. The van der Waals surface area contributed by atoms with Gasteiger partial charge >= 0.3 is 0 Å². The van der Waals surface area contributed by atoms with Crippen molar-refractivity contribution >= 4 is 17.2 Å². The summed E-state index contributed by atoms with van der Waals surface area (Å²) < 4.78 is 0. The number of aromatic hydroxyl groups is 1. The van der Waals surface area contributed by atoms with E-state index >= 15 is 0 Å². The van der Waals surface area contributed by atoms with Gasteiger partial charge in [-0.3, -0.25) is 9.78 Å². The Morgan fingerprint density at radius 2 is 2.35 bits per heavy atom. The molecule has 88 valence electrons. The Morgan fingerprint density at radius 1 is 1.53 bits per heavy atom. The fourth-order valence-corrected chi connectivity index (χ4v) is 2.04. The molecule has 0 atom stereocenters. The number of aromatic nitrogens is 2. The van der Waals surface area contributed by atoms with Gasteiger partial charge in [-0.05, 0) is 13.0 Å². The summed E-state index contributed by atoms with van der Waals surface area (Å²) >= 11 is 1.53. The highest BCUT2D eigenvalue weighted by atomic mass is 32.1. The summed E-state index contributed by atoms with van der Waals surface area (Å²) in [6.07, 6.45) is 4.46. The van der Waals surface area contributed by atoms with Gasteiger partial charge in [0.05, 0.1) is 18.3 Å². The summed E-state index contributed by atoms with van der Waals surface area (Å²) in [4.78, 5) is 20.7. The predicted molar refractivity (Wildman–Crippen MR) is 63.9 cm³/mol. The number of hydrogen-bond donors (Lipinski definition) is 2. The van der Waals surface area contributed by atoms with Crippen molar-refractivity contribution in [3.05, 3.63) is 40.1 Å². The lowest BCUT2D eigenvalue weighted by Crippen LogP contribution is -2.22. The number of carbonyl (C=O) groups excluding carboxylic acids is 1. The van der Waals surface area contributed by atoms with Crippen LogP contribution in [0.5, 0.6) is 5.75 Å². The fraction of sp³-hybridized carbons (Fsp3) is 0.182. The Hall–Kier alpha value is -1.95. The van der Waals surface area contributed by atoms with Gasteiger partial charge < -0.3 is 10.4 Å². The molecule has 2 aromatic heterocycles. The molecule has 0 saturated carbocycles. The van der Waals surface area contributed by atoms with Crippen LogP contribution in [0, 0.1) is 6.92 Å². The molecule has 2 rings (SSSR count). The van der Waals surface area contributed by atoms with Crippen molar-refractivity contribution in [1.82, 2.24) is 15.3 Å². The molecule has 5 nitrogen and oxygen atoms in total. The molecule has 0 aliphatic carbocycles. The number of aryl methyl sites for hydroxylation is 1. The minimum absolute atomic E-state index is 0.125. The van der Waals surface area contributed by atoms with Crippen LogP contribution in [0.1, 0.15) is 20.2 Å². The minimum atomic E-state index is -0.335. The number of nitrogens with one attached hydrogen (secondary N) is 1. The molecule has 2 aromatic rings. The van der Waals surface area contributed by atoms with Crippen LogP contribution in [0.3, 0.4) is 0 Å². The molecule has 0 unspecified atom stereocenters. The van der Waals surface area contributed by atoms with E-state index in [1.54, 1.807) is 6.20 Å². The molecule has 0 aliphatic heterocycles. The van der Waals surface area contributed by atoms with E-state index in [2.05, 4.69) is 15.3 Å². The normalized spacial score (nSPS) is 10.2. The van der Waals surface area contributed by atoms with E-state index in [-0.39, 0.29) is 17.2 Å². The van der Waals surface area contributed by atoms with Crippen molar-refractivity contribution in [1.29, 1.82) is 0 Å². The lowest BCUT2D eigenvalue weighted by molar-refractivity contribution is 0.0948. The van der Waals surface area contributed by atoms with E-state index < -0.39 is 0 Å². The van der Waals surface area contributed by atoms with E-state index in [0.717, 1.165) is 9.88 Å². The lowest BCUT2D eigenvalue weighted by atomic mass is 10.2. The van der Waals surface area contributed by atoms with Crippen LogP contribution in [0.15, 0.2) is 24.7 Å². The Labute approximate surface area is 102 Å². The molecule has 0 radical (unpaired) electrons. The Morgan fingerprint density at radius 3 is 3.00 bits per heavy atom. The molecule has 0 fully saturated rings. The lowest BCUT2D eigenvalue weighted by Gasteiger charge is -2.04. The third-order valence-corrected chi connectivity index (χ3v) is 3.03. The van der Waals surface area contributed by atoms with Crippen molar-refractivity contribution in [2.75, 3.05) is 0 Å². The van der Waals surface area contributed by atoms with Crippen molar-refractivity contribution < 1.29 is 9.90 Å². The van der Waals surface area contributed by atoms with Gasteiger partial charge in [-0.15, -0.1) is 11.3 Å². The zero-order valence-electron chi connectivity index (χ0n) is 9.17. The van der Waals surface area contributed by atoms with E-state index in [1.807, 2.05) is 6.92 Å². The van der Waals surface area contributed by atoms with Gasteiger partial charge in [0.1, 0.15) is 10.8 Å². The van der Waals surface area contributed by atoms with Crippen LogP contribution >= 0.6 is 11.3 Å². The first-order chi connectivity index (χ1) is 8.16. The Kier molecular flexibility index (Phi) is 3.34. The average Bonchev–Trinajstić information content (AvgIpc) is 2.73. The molecule has 6 heteroatoms. The van der Waals surface area contributed by atoms with E-state index in [1.165, 1.54) is 29.8 Å². The second-order valence-corrected chi connectivity index (χ2v) is 4.76. The van der Waals surface area contributed by atoms with Gasteiger partial charge in [0.2, 0.25) is 0 Å². The van der Waals surface area contributed by atoms with E-state index in [4.69, 9.17) is 0 Å². The fourth-order valence-electron chi connectivity index (χ4n) is 1.31. The molecule has 0 saturated heterocycles. The molecule has 1 amide bonds. The van der Waals surface area contributed by atoms with Gasteiger partial charge in [-0.2, -0.15) is 0 Å².